The van der Waals surface area contributed by atoms with Gasteiger partial charge in [0.15, 0.2) is 0 Å². The minimum atomic E-state index is -4.35. The van der Waals surface area contributed by atoms with E-state index in [1.54, 1.807) is 28.9 Å². The molecule has 1 saturated carbocycles. The Bertz CT molecular complexity index is 998. The van der Waals surface area contributed by atoms with Crippen LogP contribution in [-0.4, -0.2) is 15.3 Å². The molecule has 0 bridgehead atoms. The third kappa shape index (κ3) is 3.78. The minimum Gasteiger partial charge on any atom is -0.350 e. The second kappa shape index (κ2) is 6.56. The standard InChI is InChI=1S/C19H15ClF3N3O/c20-13-5-6-17-25-14(10-26(17)9-13)8-24-18(27)16-7-15(16)11-1-3-12(4-2-11)19(21,22)23/h1-6,9-10,15-16H,7-8H2,(H,24,27). The number of halogens is 4. The topological polar surface area (TPSA) is 46.4 Å². The van der Waals surface area contributed by atoms with Crippen molar-refractivity contribution in [3.63, 3.8) is 0 Å². The Kier molecular flexibility index (Phi) is 4.34. The van der Waals surface area contributed by atoms with Crippen LogP contribution in [0, 0.1) is 5.92 Å². The lowest BCUT2D eigenvalue weighted by atomic mass is 10.1. The summed E-state index contributed by atoms with van der Waals surface area (Å²) in [6.07, 6.45) is -0.187. The SMILES string of the molecule is O=C(NCc1cn2cc(Cl)ccc2n1)C1CC1c1ccc(C(F)(F)F)cc1. The number of aromatic nitrogens is 2. The molecule has 2 atom stereocenters. The lowest BCUT2D eigenvalue weighted by Gasteiger charge is -2.07. The maximum atomic E-state index is 12.6. The van der Waals surface area contributed by atoms with Gasteiger partial charge in [0.2, 0.25) is 5.91 Å². The molecule has 2 heterocycles. The molecule has 140 valence electrons. The van der Waals surface area contributed by atoms with Gasteiger partial charge in [-0.15, -0.1) is 0 Å². The first kappa shape index (κ1) is 17.9. The van der Waals surface area contributed by atoms with Crippen molar-refractivity contribution in [3.8, 4) is 0 Å². The van der Waals surface area contributed by atoms with Crippen LogP contribution in [0.15, 0.2) is 48.8 Å². The summed E-state index contributed by atoms with van der Waals surface area (Å²) in [4.78, 5) is 16.7. The average molecular weight is 394 g/mol. The van der Waals surface area contributed by atoms with Crippen LogP contribution in [-0.2, 0) is 17.5 Å². The molecule has 1 fully saturated rings. The molecule has 0 aliphatic heterocycles. The molecule has 4 nitrogen and oxygen atoms in total. The number of carbonyl (C=O) groups excluding carboxylic acids is 1. The minimum absolute atomic E-state index is 0.0350. The Morgan fingerprint density at radius 1 is 1.19 bits per heavy atom. The summed E-state index contributed by atoms with van der Waals surface area (Å²) in [5.41, 5.74) is 1.51. The smallest absolute Gasteiger partial charge is 0.350 e. The van der Waals surface area contributed by atoms with Crippen molar-refractivity contribution >= 4 is 23.2 Å². The van der Waals surface area contributed by atoms with E-state index in [0.717, 1.165) is 23.3 Å². The van der Waals surface area contributed by atoms with Gasteiger partial charge in [0.1, 0.15) is 5.65 Å². The maximum Gasteiger partial charge on any atom is 0.416 e. The molecule has 0 spiro atoms. The number of carbonyl (C=O) groups is 1. The van der Waals surface area contributed by atoms with Crippen LogP contribution in [0.2, 0.25) is 5.02 Å². The van der Waals surface area contributed by atoms with Gasteiger partial charge in [0.25, 0.3) is 0 Å². The van der Waals surface area contributed by atoms with Crippen LogP contribution < -0.4 is 5.32 Å². The number of amides is 1. The van der Waals surface area contributed by atoms with Gasteiger partial charge in [-0.25, -0.2) is 4.98 Å². The fourth-order valence-electron chi connectivity index (χ4n) is 3.18. The lowest BCUT2D eigenvalue weighted by Crippen LogP contribution is -2.25. The Balaban J connectivity index is 1.35. The first-order chi connectivity index (χ1) is 12.8. The Morgan fingerprint density at radius 3 is 2.63 bits per heavy atom. The highest BCUT2D eigenvalue weighted by atomic mass is 35.5. The number of hydrogen-bond donors (Lipinski definition) is 1. The van der Waals surface area contributed by atoms with Crippen molar-refractivity contribution in [2.75, 3.05) is 0 Å². The number of nitrogens with one attached hydrogen (secondary N) is 1. The molecule has 0 radical (unpaired) electrons. The highest BCUT2D eigenvalue weighted by Crippen LogP contribution is 2.48. The monoisotopic (exact) mass is 393 g/mol. The van der Waals surface area contributed by atoms with Gasteiger partial charge in [-0.3, -0.25) is 4.79 Å². The zero-order valence-corrected chi connectivity index (χ0v) is 14.8. The van der Waals surface area contributed by atoms with E-state index in [-0.39, 0.29) is 24.3 Å². The second-order valence-electron chi connectivity index (χ2n) is 6.63. The first-order valence-corrected chi connectivity index (χ1v) is 8.77. The molecular formula is C19H15ClF3N3O. The Labute approximate surface area is 158 Å². The van der Waals surface area contributed by atoms with Crippen LogP contribution in [0.5, 0.6) is 0 Å². The van der Waals surface area contributed by atoms with Crippen LogP contribution in [0.25, 0.3) is 5.65 Å². The second-order valence-corrected chi connectivity index (χ2v) is 7.07. The lowest BCUT2D eigenvalue weighted by molar-refractivity contribution is -0.137. The molecule has 8 heteroatoms. The highest BCUT2D eigenvalue weighted by Gasteiger charge is 2.44. The number of pyridine rings is 1. The first-order valence-electron chi connectivity index (χ1n) is 8.39. The molecule has 1 amide bonds. The third-order valence-corrected chi connectivity index (χ3v) is 4.93. The number of nitrogens with zero attached hydrogens (tertiary/aromatic N) is 2. The fraction of sp³-hybridized carbons (Fsp3) is 0.263. The summed E-state index contributed by atoms with van der Waals surface area (Å²) >= 11 is 5.93. The Morgan fingerprint density at radius 2 is 1.93 bits per heavy atom. The molecule has 4 rings (SSSR count). The molecule has 3 aromatic rings. The van der Waals surface area contributed by atoms with Crippen molar-refractivity contribution in [1.82, 2.24) is 14.7 Å². The van der Waals surface area contributed by atoms with Crippen molar-refractivity contribution < 1.29 is 18.0 Å². The van der Waals surface area contributed by atoms with Gasteiger partial charge in [0.05, 0.1) is 22.8 Å². The number of alkyl halides is 3. The van der Waals surface area contributed by atoms with Crippen molar-refractivity contribution in [1.29, 1.82) is 0 Å². The van der Waals surface area contributed by atoms with E-state index in [2.05, 4.69) is 10.3 Å². The van der Waals surface area contributed by atoms with Gasteiger partial charge in [-0.05, 0) is 42.2 Å². The predicted octanol–water partition coefficient (Wildman–Crippen LogP) is 4.43. The van der Waals surface area contributed by atoms with Gasteiger partial charge in [-0.1, -0.05) is 23.7 Å². The van der Waals surface area contributed by atoms with Crippen molar-refractivity contribution in [2.24, 2.45) is 5.92 Å². The predicted molar refractivity (Wildman–Crippen MR) is 94.3 cm³/mol. The highest BCUT2D eigenvalue weighted by molar-refractivity contribution is 6.30. The molecule has 0 saturated heterocycles. The maximum absolute atomic E-state index is 12.6. The van der Waals surface area contributed by atoms with E-state index in [4.69, 9.17) is 11.6 Å². The summed E-state index contributed by atoms with van der Waals surface area (Å²) in [6.45, 7) is 0.286. The van der Waals surface area contributed by atoms with Crippen LogP contribution in [0.4, 0.5) is 13.2 Å². The van der Waals surface area contributed by atoms with Gasteiger partial charge < -0.3 is 9.72 Å². The molecule has 27 heavy (non-hydrogen) atoms. The summed E-state index contributed by atoms with van der Waals surface area (Å²) in [5, 5.41) is 3.43. The number of hydrogen-bond acceptors (Lipinski definition) is 2. The van der Waals surface area contributed by atoms with Crippen LogP contribution in [0.3, 0.4) is 0 Å². The largest absolute Gasteiger partial charge is 0.416 e. The normalized spacial score (nSPS) is 19.3. The van der Waals surface area contributed by atoms with E-state index in [0.29, 0.717) is 17.1 Å². The number of fused-ring (bicyclic) bond motifs is 1. The number of benzene rings is 1. The number of rotatable bonds is 4. The summed E-state index contributed by atoms with van der Waals surface area (Å²) in [7, 11) is 0. The zero-order valence-electron chi connectivity index (χ0n) is 14.0. The zero-order chi connectivity index (χ0) is 19.2. The molecule has 1 aliphatic rings. The quantitative estimate of drug-likeness (QED) is 0.713. The molecule has 2 unspecified atom stereocenters. The number of imidazole rings is 1. The summed E-state index contributed by atoms with van der Waals surface area (Å²) < 4.78 is 39.7. The summed E-state index contributed by atoms with van der Waals surface area (Å²) in [5.74, 6) is -0.365. The average Bonchev–Trinajstić information content (AvgIpc) is 3.32. The summed E-state index contributed by atoms with van der Waals surface area (Å²) in [6, 6.07) is 8.55. The van der Waals surface area contributed by atoms with Gasteiger partial charge in [-0.2, -0.15) is 13.2 Å². The van der Waals surface area contributed by atoms with E-state index in [9.17, 15) is 18.0 Å². The van der Waals surface area contributed by atoms with Crippen LogP contribution in [0.1, 0.15) is 29.2 Å². The van der Waals surface area contributed by atoms with E-state index < -0.39 is 11.7 Å². The van der Waals surface area contributed by atoms with Crippen molar-refractivity contribution in [3.05, 3.63) is 70.6 Å². The third-order valence-electron chi connectivity index (χ3n) is 4.70. The van der Waals surface area contributed by atoms with Crippen molar-refractivity contribution in [2.45, 2.75) is 25.1 Å². The van der Waals surface area contributed by atoms with E-state index in [1.165, 1.54) is 12.1 Å². The molecule has 1 aliphatic carbocycles. The van der Waals surface area contributed by atoms with E-state index >= 15 is 0 Å². The molecule has 2 aromatic heterocycles. The van der Waals surface area contributed by atoms with Gasteiger partial charge in [0, 0.05) is 18.3 Å². The molecule has 1 N–H and O–H groups in total. The molecular weight excluding hydrogens is 379 g/mol. The van der Waals surface area contributed by atoms with E-state index in [1.807, 2.05) is 0 Å². The Hall–Kier alpha value is -2.54. The van der Waals surface area contributed by atoms with Crippen LogP contribution >= 0.6 is 11.6 Å². The fourth-order valence-corrected chi connectivity index (χ4v) is 3.35. The van der Waals surface area contributed by atoms with Gasteiger partial charge >= 0.3 is 6.18 Å². The molecule has 1 aromatic carbocycles.